The van der Waals surface area contributed by atoms with Crippen molar-refractivity contribution in [2.75, 3.05) is 0 Å². The van der Waals surface area contributed by atoms with Crippen LogP contribution in [0.5, 0.6) is 0 Å². The summed E-state index contributed by atoms with van der Waals surface area (Å²) in [4.78, 5) is 35.0. The van der Waals surface area contributed by atoms with Crippen LogP contribution in [0.25, 0.3) is 0 Å². The maximum Gasteiger partial charge on any atom is 0.249 e. The molecule has 0 aliphatic heterocycles. The standard InChI is InChI=1S/C18H26N2O3/c1-2-3-4-5-6-7-8-9-16(21)15-12-13(17(19)22)10-11-14(15)18(20)23/h10-12H,2-9H2,1H3,(H2,19,22)(H2,20,23). The Kier molecular flexibility index (Phi) is 8.02. The van der Waals surface area contributed by atoms with Gasteiger partial charge in [0.05, 0.1) is 0 Å². The Bertz CT molecular complexity index is 567. The first-order valence-corrected chi connectivity index (χ1v) is 8.24. The topological polar surface area (TPSA) is 103 Å². The van der Waals surface area contributed by atoms with Gasteiger partial charge in [0, 0.05) is 23.1 Å². The van der Waals surface area contributed by atoms with Crippen molar-refractivity contribution in [3.8, 4) is 0 Å². The van der Waals surface area contributed by atoms with Crippen LogP contribution in [0, 0.1) is 0 Å². The first-order chi connectivity index (χ1) is 11.0. The van der Waals surface area contributed by atoms with Crippen LogP contribution < -0.4 is 11.5 Å². The van der Waals surface area contributed by atoms with Crippen molar-refractivity contribution in [2.24, 2.45) is 11.5 Å². The van der Waals surface area contributed by atoms with Crippen LogP contribution in [0.2, 0.25) is 0 Å². The molecule has 0 atom stereocenters. The molecule has 0 aromatic heterocycles. The SMILES string of the molecule is CCCCCCCCCC(=O)c1cc(C(N)=O)ccc1C(N)=O. The second-order valence-electron chi connectivity index (χ2n) is 5.78. The van der Waals surface area contributed by atoms with Crippen LogP contribution in [0.4, 0.5) is 0 Å². The molecule has 0 fully saturated rings. The molecule has 0 unspecified atom stereocenters. The zero-order valence-corrected chi connectivity index (χ0v) is 13.8. The number of primary amides is 2. The van der Waals surface area contributed by atoms with E-state index in [1.165, 1.54) is 43.9 Å². The van der Waals surface area contributed by atoms with Gasteiger partial charge in [-0.15, -0.1) is 0 Å². The highest BCUT2D eigenvalue weighted by molar-refractivity contribution is 6.09. The van der Waals surface area contributed by atoms with E-state index >= 15 is 0 Å². The Labute approximate surface area is 137 Å². The average Bonchev–Trinajstić information content (AvgIpc) is 2.53. The third-order valence-corrected chi connectivity index (χ3v) is 3.88. The predicted molar refractivity (Wildman–Crippen MR) is 90.4 cm³/mol. The second kappa shape index (κ2) is 9.77. The molecule has 0 heterocycles. The number of unbranched alkanes of at least 4 members (excludes halogenated alkanes) is 6. The summed E-state index contributed by atoms with van der Waals surface area (Å²) in [6, 6.07) is 4.17. The summed E-state index contributed by atoms with van der Waals surface area (Å²) < 4.78 is 0. The molecule has 2 amide bonds. The number of rotatable bonds is 11. The zero-order valence-electron chi connectivity index (χ0n) is 13.8. The van der Waals surface area contributed by atoms with Crippen LogP contribution in [-0.4, -0.2) is 17.6 Å². The molecule has 5 heteroatoms. The van der Waals surface area contributed by atoms with E-state index in [0.29, 0.717) is 6.42 Å². The largest absolute Gasteiger partial charge is 0.366 e. The van der Waals surface area contributed by atoms with Gasteiger partial charge in [0.1, 0.15) is 0 Å². The average molecular weight is 318 g/mol. The minimum atomic E-state index is -0.677. The fourth-order valence-corrected chi connectivity index (χ4v) is 2.52. The number of nitrogens with two attached hydrogens (primary N) is 2. The number of carbonyl (C=O) groups excluding carboxylic acids is 3. The monoisotopic (exact) mass is 318 g/mol. The third kappa shape index (κ3) is 6.22. The molecule has 1 aromatic rings. The van der Waals surface area contributed by atoms with Crippen molar-refractivity contribution < 1.29 is 14.4 Å². The Balaban J connectivity index is 2.62. The molecular weight excluding hydrogens is 292 g/mol. The van der Waals surface area contributed by atoms with E-state index < -0.39 is 11.8 Å². The lowest BCUT2D eigenvalue weighted by Gasteiger charge is -2.08. The summed E-state index contributed by atoms with van der Waals surface area (Å²) in [5.74, 6) is -1.48. The molecule has 0 bridgehead atoms. The van der Waals surface area contributed by atoms with Crippen LogP contribution in [0.15, 0.2) is 18.2 Å². The first-order valence-electron chi connectivity index (χ1n) is 8.24. The summed E-state index contributed by atoms with van der Waals surface area (Å²) in [5.41, 5.74) is 11.1. The third-order valence-electron chi connectivity index (χ3n) is 3.88. The highest BCUT2D eigenvalue weighted by Crippen LogP contribution is 2.16. The van der Waals surface area contributed by atoms with Gasteiger partial charge in [-0.3, -0.25) is 14.4 Å². The number of carbonyl (C=O) groups is 3. The Morgan fingerprint density at radius 3 is 2.00 bits per heavy atom. The number of amides is 2. The van der Waals surface area contributed by atoms with Gasteiger partial charge in [-0.25, -0.2) is 0 Å². The van der Waals surface area contributed by atoms with E-state index in [0.717, 1.165) is 19.3 Å². The number of hydrogen-bond acceptors (Lipinski definition) is 3. The van der Waals surface area contributed by atoms with Gasteiger partial charge in [0.15, 0.2) is 5.78 Å². The lowest BCUT2D eigenvalue weighted by Crippen LogP contribution is -2.19. The summed E-state index contributed by atoms with van der Waals surface area (Å²) in [5, 5.41) is 0. The fourth-order valence-electron chi connectivity index (χ4n) is 2.52. The van der Waals surface area contributed by atoms with Crippen molar-refractivity contribution >= 4 is 17.6 Å². The van der Waals surface area contributed by atoms with Crippen LogP contribution in [0.1, 0.15) is 89.4 Å². The van der Waals surface area contributed by atoms with E-state index in [9.17, 15) is 14.4 Å². The summed E-state index contributed by atoms with van der Waals surface area (Å²) in [6.45, 7) is 2.18. The Morgan fingerprint density at radius 1 is 0.826 bits per heavy atom. The fraction of sp³-hybridized carbons (Fsp3) is 0.500. The minimum absolute atomic E-state index is 0.142. The van der Waals surface area contributed by atoms with E-state index in [1.807, 2.05) is 0 Å². The van der Waals surface area contributed by atoms with E-state index in [2.05, 4.69) is 6.92 Å². The number of hydrogen-bond donors (Lipinski definition) is 2. The van der Waals surface area contributed by atoms with Crippen molar-refractivity contribution in [2.45, 2.75) is 58.3 Å². The van der Waals surface area contributed by atoms with Crippen molar-refractivity contribution in [1.82, 2.24) is 0 Å². The highest BCUT2D eigenvalue weighted by Gasteiger charge is 2.17. The highest BCUT2D eigenvalue weighted by atomic mass is 16.1. The normalized spacial score (nSPS) is 10.5. The molecule has 126 valence electrons. The Hall–Kier alpha value is -2.17. The number of benzene rings is 1. The molecule has 5 nitrogen and oxygen atoms in total. The van der Waals surface area contributed by atoms with E-state index in [1.54, 1.807) is 0 Å². The number of ketones is 1. The molecule has 23 heavy (non-hydrogen) atoms. The number of Topliss-reactive ketones (excluding diaryl/α,β-unsaturated/α-hetero) is 1. The van der Waals surface area contributed by atoms with Crippen LogP contribution in [-0.2, 0) is 0 Å². The molecule has 0 saturated carbocycles. The molecule has 1 aromatic carbocycles. The van der Waals surface area contributed by atoms with Gasteiger partial charge in [0.2, 0.25) is 11.8 Å². The predicted octanol–water partition coefficient (Wildman–Crippen LogP) is 3.21. The van der Waals surface area contributed by atoms with Gasteiger partial charge in [-0.1, -0.05) is 45.4 Å². The summed E-state index contributed by atoms with van der Waals surface area (Å²) >= 11 is 0. The summed E-state index contributed by atoms with van der Waals surface area (Å²) in [7, 11) is 0. The second-order valence-corrected chi connectivity index (χ2v) is 5.78. The minimum Gasteiger partial charge on any atom is -0.366 e. The van der Waals surface area contributed by atoms with Gasteiger partial charge in [-0.2, -0.15) is 0 Å². The van der Waals surface area contributed by atoms with Crippen molar-refractivity contribution in [3.05, 3.63) is 34.9 Å². The lowest BCUT2D eigenvalue weighted by molar-refractivity contribution is 0.0954. The van der Waals surface area contributed by atoms with Gasteiger partial charge in [0.25, 0.3) is 0 Å². The molecule has 0 aliphatic carbocycles. The maximum absolute atomic E-state index is 12.3. The molecule has 0 spiro atoms. The summed E-state index contributed by atoms with van der Waals surface area (Å²) in [6.07, 6.45) is 8.09. The van der Waals surface area contributed by atoms with Crippen molar-refractivity contribution in [3.63, 3.8) is 0 Å². The van der Waals surface area contributed by atoms with Gasteiger partial charge < -0.3 is 11.5 Å². The van der Waals surface area contributed by atoms with E-state index in [4.69, 9.17) is 11.5 Å². The zero-order chi connectivity index (χ0) is 17.2. The Morgan fingerprint density at radius 2 is 1.43 bits per heavy atom. The lowest BCUT2D eigenvalue weighted by atomic mass is 9.96. The van der Waals surface area contributed by atoms with Crippen molar-refractivity contribution in [1.29, 1.82) is 0 Å². The molecule has 0 aliphatic rings. The molecule has 1 rings (SSSR count). The quantitative estimate of drug-likeness (QED) is 0.483. The van der Waals surface area contributed by atoms with Crippen LogP contribution in [0.3, 0.4) is 0 Å². The molecule has 0 saturated heterocycles. The van der Waals surface area contributed by atoms with Gasteiger partial charge >= 0.3 is 0 Å². The molecule has 0 radical (unpaired) electrons. The van der Waals surface area contributed by atoms with E-state index in [-0.39, 0.29) is 22.5 Å². The first kappa shape index (κ1) is 18.9. The van der Waals surface area contributed by atoms with Crippen LogP contribution >= 0.6 is 0 Å². The smallest absolute Gasteiger partial charge is 0.249 e. The maximum atomic E-state index is 12.3. The van der Waals surface area contributed by atoms with Gasteiger partial charge in [-0.05, 0) is 24.6 Å². The molecular formula is C18H26N2O3. The molecule has 4 N–H and O–H groups in total.